The molecule has 0 aromatic heterocycles. The molecular weight excluding hydrogens is 865 g/mol. The van der Waals surface area contributed by atoms with Crippen molar-refractivity contribution in [1.82, 2.24) is 0 Å². The molecule has 0 aromatic carbocycles. The Bertz CT molecular complexity index is 1760. The topological polar surface area (TPSA) is 78.9 Å². The minimum absolute atomic E-state index is 0.131. The molecule has 1 atom stereocenters. The number of hydrogen-bond acceptors (Lipinski definition) is 6. The van der Waals surface area contributed by atoms with E-state index in [4.69, 9.17) is 14.2 Å². The number of ether oxygens (including phenoxy) is 3. The second kappa shape index (κ2) is 55.8. The maximum atomic E-state index is 12.8. The normalized spacial score (nSPS) is 13.7. The van der Waals surface area contributed by atoms with Crippen LogP contribution in [0.3, 0.4) is 0 Å². The van der Waals surface area contributed by atoms with Gasteiger partial charge in [-0.25, -0.2) is 0 Å². The van der Waals surface area contributed by atoms with Crippen molar-refractivity contribution in [2.24, 2.45) is 0 Å². The van der Waals surface area contributed by atoms with E-state index in [9.17, 15) is 14.4 Å². The number of carbonyl (C=O) groups is 3. The molecular formula is C64H92O6. The highest BCUT2D eigenvalue weighted by Crippen LogP contribution is 2.12. The zero-order chi connectivity index (χ0) is 50.7. The molecule has 6 nitrogen and oxygen atoms in total. The molecule has 0 bridgehead atoms. The zero-order valence-corrected chi connectivity index (χ0v) is 43.7. The van der Waals surface area contributed by atoms with E-state index in [1.54, 1.807) is 0 Å². The molecule has 0 heterocycles. The van der Waals surface area contributed by atoms with Gasteiger partial charge in [-0.2, -0.15) is 0 Å². The van der Waals surface area contributed by atoms with Gasteiger partial charge in [-0.15, -0.1) is 0 Å². The van der Waals surface area contributed by atoms with E-state index in [2.05, 4.69) is 81.5 Å². The van der Waals surface area contributed by atoms with Crippen LogP contribution in [-0.2, 0) is 28.6 Å². The highest BCUT2D eigenvalue weighted by molar-refractivity contribution is 5.71. The first-order chi connectivity index (χ1) is 34.5. The van der Waals surface area contributed by atoms with Gasteiger partial charge in [-0.05, 0) is 89.9 Å². The van der Waals surface area contributed by atoms with Crippen molar-refractivity contribution < 1.29 is 28.6 Å². The Morgan fingerprint density at radius 1 is 0.300 bits per heavy atom. The van der Waals surface area contributed by atoms with E-state index in [0.717, 1.165) is 103 Å². The van der Waals surface area contributed by atoms with Crippen molar-refractivity contribution in [1.29, 1.82) is 0 Å². The van der Waals surface area contributed by atoms with E-state index >= 15 is 0 Å². The summed E-state index contributed by atoms with van der Waals surface area (Å²) in [5, 5.41) is 0. The molecule has 384 valence electrons. The van der Waals surface area contributed by atoms with Gasteiger partial charge in [0, 0.05) is 19.3 Å². The van der Waals surface area contributed by atoms with Crippen LogP contribution < -0.4 is 0 Å². The molecule has 0 amide bonds. The van der Waals surface area contributed by atoms with Crippen LogP contribution >= 0.6 is 0 Å². The SMILES string of the molecule is CC\C=C/C=C\C=C/C=C\C=C\C=C/C=C\CCCCCC(=O)OCC(COC(=O)CCCCCCCC/C=C\C/C=C\C/C=C\CC)OC(=O)CCCCC\C=C/C=C/C=C\C=C/C=C\C=C/CC. The first-order valence-corrected chi connectivity index (χ1v) is 26.6. The first-order valence-electron chi connectivity index (χ1n) is 26.6. The molecule has 0 fully saturated rings. The summed E-state index contributed by atoms with van der Waals surface area (Å²) >= 11 is 0. The number of unbranched alkanes of at least 4 members (excludes halogenated alkanes) is 12. The Kier molecular flexibility index (Phi) is 51.3. The number of esters is 3. The smallest absolute Gasteiger partial charge is 0.306 e. The predicted octanol–water partition coefficient (Wildman–Crippen LogP) is 17.9. The van der Waals surface area contributed by atoms with E-state index in [-0.39, 0.29) is 44.0 Å². The van der Waals surface area contributed by atoms with Crippen molar-refractivity contribution in [3.8, 4) is 0 Å². The lowest BCUT2D eigenvalue weighted by atomic mass is 10.1. The molecule has 0 spiro atoms. The number of carbonyl (C=O) groups excluding carboxylic acids is 3. The van der Waals surface area contributed by atoms with Crippen molar-refractivity contribution >= 4 is 17.9 Å². The standard InChI is InChI=1S/C64H92O6/c1-4-7-10-13-16-19-22-25-28-31-32-34-36-39-42-45-48-51-54-57-63(66)69-60-61(59-68-62(65)56-53-50-47-44-41-38-35-30-27-24-21-18-15-12-9-6-3)70-64(67)58-55-52-49-46-43-40-37-33-29-26-23-20-17-14-11-8-5-2/h7-14,16-23,25-34,36-37,39-40,42-43,61H,4-6,15,24,35,38,41,44-60H2,1-3H3/b10-7-,11-8-,12-9-,16-13-,17-14-,21-18-,22-19-,23-20-,28-25-,29-26-,30-27-,32-31+,36-34-,37-33+,42-39-,43-40-. The third-order valence-corrected chi connectivity index (χ3v) is 10.2. The van der Waals surface area contributed by atoms with E-state index in [1.165, 1.54) is 12.8 Å². The van der Waals surface area contributed by atoms with Crippen molar-refractivity contribution in [3.63, 3.8) is 0 Å². The quantitative estimate of drug-likeness (QED) is 0.0199. The summed E-state index contributed by atoms with van der Waals surface area (Å²) in [6.45, 7) is 6.11. The highest BCUT2D eigenvalue weighted by Gasteiger charge is 2.19. The molecule has 70 heavy (non-hydrogen) atoms. The fourth-order valence-corrected chi connectivity index (χ4v) is 6.29. The third-order valence-electron chi connectivity index (χ3n) is 10.2. The van der Waals surface area contributed by atoms with Gasteiger partial charge in [0.15, 0.2) is 6.10 Å². The molecule has 0 N–H and O–H groups in total. The van der Waals surface area contributed by atoms with Crippen LogP contribution in [-0.4, -0.2) is 37.2 Å². The van der Waals surface area contributed by atoms with Gasteiger partial charge in [-0.3, -0.25) is 14.4 Å². The van der Waals surface area contributed by atoms with E-state index in [1.807, 2.05) is 134 Å². The van der Waals surface area contributed by atoms with Crippen LogP contribution in [0.15, 0.2) is 194 Å². The van der Waals surface area contributed by atoms with Crippen molar-refractivity contribution in [2.45, 2.75) is 175 Å². The largest absolute Gasteiger partial charge is 0.462 e. The Morgan fingerprint density at radius 3 is 0.986 bits per heavy atom. The highest BCUT2D eigenvalue weighted by atomic mass is 16.6. The molecule has 6 heteroatoms. The van der Waals surface area contributed by atoms with Gasteiger partial charge in [0.2, 0.25) is 0 Å². The van der Waals surface area contributed by atoms with Crippen LogP contribution in [0.2, 0.25) is 0 Å². The molecule has 1 unspecified atom stereocenters. The average molecular weight is 957 g/mol. The zero-order valence-electron chi connectivity index (χ0n) is 43.7. The summed E-state index contributed by atoms with van der Waals surface area (Å²) in [5.41, 5.74) is 0. The number of rotatable bonds is 44. The Hall–Kier alpha value is -5.75. The van der Waals surface area contributed by atoms with Crippen LogP contribution in [0.1, 0.15) is 168 Å². The summed E-state index contributed by atoms with van der Waals surface area (Å²) in [6, 6.07) is 0. The molecule has 0 aliphatic rings. The Morgan fingerprint density at radius 2 is 0.586 bits per heavy atom. The van der Waals surface area contributed by atoms with E-state index in [0.29, 0.717) is 19.3 Å². The van der Waals surface area contributed by atoms with Gasteiger partial charge < -0.3 is 14.2 Å². The molecule has 0 rings (SSSR count). The summed E-state index contributed by atoms with van der Waals surface area (Å²) in [4.78, 5) is 38.1. The lowest BCUT2D eigenvalue weighted by Gasteiger charge is -2.18. The predicted molar refractivity (Wildman–Crippen MR) is 301 cm³/mol. The fourth-order valence-electron chi connectivity index (χ4n) is 6.29. The maximum Gasteiger partial charge on any atom is 0.306 e. The molecule has 0 radical (unpaired) electrons. The lowest BCUT2D eigenvalue weighted by Crippen LogP contribution is -2.30. The second-order valence-electron chi connectivity index (χ2n) is 16.6. The van der Waals surface area contributed by atoms with Gasteiger partial charge in [0.1, 0.15) is 13.2 Å². The molecule has 0 saturated heterocycles. The number of hydrogen-bond donors (Lipinski definition) is 0. The third kappa shape index (κ3) is 53.2. The molecule has 0 aliphatic carbocycles. The Balaban J connectivity index is 4.67. The van der Waals surface area contributed by atoms with Crippen molar-refractivity contribution in [2.75, 3.05) is 13.2 Å². The van der Waals surface area contributed by atoms with Crippen LogP contribution in [0.4, 0.5) is 0 Å². The van der Waals surface area contributed by atoms with Gasteiger partial charge in [-0.1, -0.05) is 254 Å². The van der Waals surface area contributed by atoms with Crippen molar-refractivity contribution in [3.05, 3.63) is 194 Å². The molecule has 0 aliphatic heterocycles. The van der Waals surface area contributed by atoms with Crippen LogP contribution in [0, 0.1) is 0 Å². The van der Waals surface area contributed by atoms with Gasteiger partial charge >= 0.3 is 17.9 Å². The minimum atomic E-state index is -0.839. The minimum Gasteiger partial charge on any atom is -0.462 e. The molecule has 0 aromatic rings. The summed E-state index contributed by atoms with van der Waals surface area (Å²) in [6.07, 6.45) is 85.4. The van der Waals surface area contributed by atoms with Gasteiger partial charge in [0.05, 0.1) is 0 Å². The lowest BCUT2D eigenvalue weighted by molar-refractivity contribution is -0.167. The first kappa shape index (κ1) is 64.2. The number of allylic oxidation sites excluding steroid dienone is 32. The maximum absolute atomic E-state index is 12.8. The fraction of sp³-hybridized carbons (Fsp3) is 0.453. The van der Waals surface area contributed by atoms with Gasteiger partial charge in [0.25, 0.3) is 0 Å². The second-order valence-corrected chi connectivity index (χ2v) is 16.6. The summed E-state index contributed by atoms with van der Waals surface area (Å²) in [7, 11) is 0. The summed E-state index contributed by atoms with van der Waals surface area (Å²) < 4.78 is 16.7. The summed E-state index contributed by atoms with van der Waals surface area (Å²) in [5.74, 6) is -1.05. The Labute approximate surface area is 427 Å². The average Bonchev–Trinajstić information content (AvgIpc) is 3.36. The van der Waals surface area contributed by atoms with Crippen LogP contribution in [0.25, 0.3) is 0 Å². The molecule has 0 saturated carbocycles. The monoisotopic (exact) mass is 957 g/mol. The van der Waals surface area contributed by atoms with E-state index < -0.39 is 6.10 Å². The van der Waals surface area contributed by atoms with Crippen LogP contribution in [0.5, 0.6) is 0 Å².